The Kier molecular flexibility index (Phi) is 4.25. The summed E-state index contributed by atoms with van der Waals surface area (Å²) in [4.78, 5) is 20.9. The van der Waals surface area contributed by atoms with Gasteiger partial charge in [0, 0.05) is 6.54 Å². The molecule has 0 spiro atoms. The van der Waals surface area contributed by atoms with Crippen LogP contribution in [-0.2, 0) is 4.79 Å². The Morgan fingerprint density at radius 1 is 1.58 bits per heavy atom. The Bertz CT molecular complexity index is 170. The molecule has 0 fully saturated rings. The largest absolute Gasteiger partial charge is 0.480 e. The molecule has 0 saturated carbocycles. The van der Waals surface area contributed by atoms with Crippen LogP contribution in [-0.4, -0.2) is 28.7 Å². The summed E-state index contributed by atoms with van der Waals surface area (Å²) in [5.74, 6) is -1.13. The van der Waals surface area contributed by atoms with Crippen molar-refractivity contribution in [3.63, 3.8) is 0 Å². The van der Waals surface area contributed by atoms with Gasteiger partial charge in [-0.05, 0) is 12.8 Å². The lowest BCUT2D eigenvalue weighted by atomic mass is 10.0. The monoisotopic (exact) mass is 174 g/mol. The van der Waals surface area contributed by atoms with E-state index < -0.39 is 12.0 Å². The average molecular weight is 174 g/mol. The molecule has 70 valence electrons. The van der Waals surface area contributed by atoms with Crippen molar-refractivity contribution in [1.29, 1.82) is 0 Å². The number of likely N-dealkylation sites (N-methyl/N-ethyl adjacent to an activating group) is 1. The highest BCUT2D eigenvalue weighted by atomic mass is 16.4. The van der Waals surface area contributed by atoms with E-state index in [1.165, 1.54) is 0 Å². The molecule has 0 aromatic carbocycles. The van der Waals surface area contributed by atoms with Crippen molar-refractivity contribution in [2.75, 3.05) is 6.54 Å². The van der Waals surface area contributed by atoms with Crippen LogP contribution in [0.2, 0.25) is 0 Å². The average Bonchev–Trinajstić information content (AvgIpc) is 1.98. The van der Waals surface area contributed by atoms with Gasteiger partial charge in [0.15, 0.2) is 0 Å². The van der Waals surface area contributed by atoms with Crippen LogP contribution in [0.4, 0.5) is 0 Å². The van der Waals surface area contributed by atoms with Crippen LogP contribution in [0.25, 0.3) is 0 Å². The maximum absolute atomic E-state index is 10.7. The van der Waals surface area contributed by atoms with E-state index in [0.717, 1.165) is 5.01 Å². The lowest BCUT2D eigenvalue weighted by molar-refractivity contribution is -0.145. The summed E-state index contributed by atoms with van der Waals surface area (Å²) in [6.07, 6.45) is 0. The Hall–Kier alpha value is -1.13. The quantitative estimate of drug-likeness (QED) is 0.500. The van der Waals surface area contributed by atoms with E-state index in [0.29, 0.717) is 6.54 Å². The maximum Gasteiger partial charge on any atom is 0.328 e. The number of hydrogen-bond acceptors (Lipinski definition) is 3. The lowest BCUT2D eigenvalue weighted by Gasteiger charge is -2.24. The number of aliphatic carboxylic acids is 1. The standard InChI is InChI=1S/C7H14N2O3/c1-4-9(8-12)6(5(2)3)7(10)11/h5-6H,4H2,1-3H3,(H,10,11)/t6-/m0/s1. The first-order chi connectivity index (χ1) is 5.54. The van der Waals surface area contributed by atoms with Crippen LogP contribution in [0.3, 0.4) is 0 Å². The molecule has 0 aromatic heterocycles. The van der Waals surface area contributed by atoms with Crippen LogP contribution in [0, 0.1) is 10.8 Å². The van der Waals surface area contributed by atoms with E-state index in [-0.39, 0.29) is 5.92 Å². The predicted molar refractivity (Wildman–Crippen MR) is 44.4 cm³/mol. The summed E-state index contributed by atoms with van der Waals surface area (Å²) < 4.78 is 0. The van der Waals surface area contributed by atoms with Gasteiger partial charge in [-0.1, -0.05) is 13.8 Å². The van der Waals surface area contributed by atoms with Gasteiger partial charge in [0.1, 0.15) is 6.04 Å². The van der Waals surface area contributed by atoms with E-state index in [2.05, 4.69) is 5.29 Å². The number of rotatable bonds is 5. The molecule has 0 bridgehead atoms. The zero-order valence-electron chi connectivity index (χ0n) is 7.52. The van der Waals surface area contributed by atoms with Gasteiger partial charge in [-0.2, -0.15) is 0 Å². The van der Waals surface area contributed by atoms with Gasteiger partial charge in [0.2, 0.25) is 0 Å². The molecule has 0 radical (unpaired) electrons. The van der Waals surface area contributed by atoms with Gasteiger partial charge in [-0.15, -0.1) is 4.91 Å². The molecule has 0 saturated heterocycles. The molecule has 0 aliphatic carbocycles. The highest BCUT2D eigenvalue weighted by Gasteiger charge is 2.27. The van der Waals surface area contributed by atoms with E-state index >= 15 is 0 Å². The lowest BCUT2D eigenvalue weighted by Crippen LogP contribution is -2.41. The minimum absolute atomic E-state index is 0.125. The first-order valence-corrected chi connectivity index (χ1v) is 3.87. The first-order valence-electron chi connectivity index (χ1n) is 3.87. The maximum atomic E-state index is 10.7. The summed E-state index contributed by atoms with van der Waals surface area (Å²) in [6.45, 7) is 5.50. The molecule has 1 N–H and O–H groups in total. The molecule has 1 atom stereocenters. The third-order valence-electron chi connectivity index (χ3n) is 1.63. The SMILES string of the molecule is CCN(N=O)[C@H](C(=O)O)C(C)C. The second-order valence-electron chi connectivity index (χ2n) is 2.86. The van der Waals surface area contributed by atoms with Crippen LogP contribution < -0.4 is 0 Å². The summed E-state index contributed by atoms with van der Waals surface area (Å²) in [6, 6.07) is -0.813. The molecule has 0 aliphatic rings. The van der Waals surface area contributed by atoms with Crippen molar-refractivity contribution in [1.82, 2.24) is 5.01 Å². The van der Waals surface area contributed by atoms with Crippen LogP contribution in [0.5, 0.6) is 0 Å². The van der Waals surface area contributed by atoms with Gasteiger partial charge >= 0.3 is 5.97 Å². The fraction of sp³-hybridized carbons (Fsp3) is 0.857. The highest BCUT2D eigenvalue weighted by Crippen LogP contribution is 2.10. The van der Waals surface area contributed by atoms with Gasteiger partial charge in [-0.25, -0.2) is 9.80 Å². The van der Waals surface area contributed by atoms with E-state index in [9.17, 15) is 9.70 Å². The summed E-state index contributed by atoms with van der Waals surface area (Å²) >= 11 is 0. The van der Waals surface area contributed by atoms with E-state index in [1.807, 2.05) is 0 Å². The Morgan fingerprint density at radius 3 is 2.17 bits per heavy atom. The summed E-state index contributed by atoms with van der Waals surface area (Å²) in [7, 11) is 0. The molecule has 0 aromatic rings. The Balaban J connectivity index is 4.47. The number of nitroso groups, excluding NO2 is 1. The second-order valence-corrected chi connectivity index (χ2v) is 2.86. The number of nitrogens with zero attached hydrogens (tertiary/aromatic N) is 2. The third kappa shape index (κ3) is 2.48. The van der Waals surface area contributed by atoms with E-state index in [4.69, 9.17) is 5.11 Å². The molecule has 0 rings (SSSR count). The smallest absolute Gasteiger partial charge is 0.328 e. The van der Waals surface area contributed by atoms with Crippen LogP contribution in [0.15, 0.2) is 5.29 Å². The Morgan fingerprint density at radius 2 is 2.08 bits per heavy atom. The second kappa shape index (κ2) is 4.69. The normalized spacial score (nSPS) is 12.7. The van der Waals surface area contributed by atoms with Crippen molar-refractivity contribution < 1.29 is 9.90 Å². The van der Waals surface area contributed by atoms with Crippen molar-refractivity contribution >= 4 is 5.97 Å². The van der Waals surface area contributed by atoms with Crippen molar-refractivity contribution in [3.05, 3.63) is 4.91 Å². The first kappa shape index (κ1) is 10.9. The molecule has 5 nitrogen and oxygen atoms in total. The van der Waals surface area contributed by atoms with E-state index in [1.54, 1.807) is 20.8 Å². The number of hydrogen-bond donors (Lipinski definition) is 1. The molecular weight excluding hydrogens is 160 g/mol. The summed E-state index contributed by atoms with van der Waals surface area (Å²) in [5.41, 5.74) is 0. The fourth-order valence-electron chi connectivity index (χ4n) is 1.06. The zero-order chi connectivity index (χ0) is 9.72. The van der Waals surface area contributed by atoms with Crippen molar-refractivity contribution in [2.45, 2.75) is 26.8 Å². The van der Waals surface area contributed by atoms with Crippen LogP contribution >= 0.6 is 0 Å². The molecule has 0 heterocycles. The molecule has 12 heavy (non-hydrogen) atoms. The summed E-state index contributed by atoms with van der Waals surface area (Å²) in [5, 5.41) is 12.4. The number of carboxylic acid groups (broad SMARTS) is 1. The zero-order valence-corrected chi connectivity index (χ0v) is 7.52. The van der Waals surface area contributed by atoms with Gasteiger partial charge < -0.3 is 5.11 Å². The van der Waals surface area contributed by atoms with Gasteiger partial charge in [0.05, 0.1) is 5.29 Å². The number of carboxylic acids is 1. The van der Waals surface area contributed by atoms with Crippen molar-refractivity contribution in [3.8, 4) is 0 Å². The third-order valence-corrected chi connectivity index (χ3v) is 1.63. The minimum Gasteiger partial charge on any atom is -0.480 e. The predicted octanol–water partition coefficient (Wildman–Crippen LogP) is 1.10. The molecule has 0 amide bonds. The molecule has 5 heteroatoms. The fourth-order valence-corrected chi connectivity index (χ4v) is 1.06. The minimum atomic E-state index is -1.01. The topological polar surface area (TPSA) is 70.0 Å². The molecular formula is C7H14N2O3. The van der Waals surface area contributed by atoms with Crippen molar-refractivity contribution in [2.24, 2.45) is 11.2 Å². The number of carbonyl (C=O) groups is 1. The van der Waals surface area contributed by atoms with Crippen LogP contribution in [0.1, 0.15) is 20.8 Å². The molecule has 0 aliphatic heterocycles. The highest BCUT2D eigenvalue weighted by molar-refractivity contribution is 5.73. The van der Waals surface area contributed by atoms with Gasteiger partial charge in [-0.3, -0.25) is 0 Å². The van der Waals surface area contributed by atoms with Gasteiger partial charge in [0.25, 0.3) is 0 Å². The molecule has 0 unspecified atom stereocenters. The Labute approximate surface area is 71.3 Å².